The molecular weight excluding hydrogens is 188 g/mol. The van der Waals surface area contributed by atoms with Gasteiger partial charge in [0.25, 0.3) is 0 Å². The minimum Gasteiger partial charge on any atom is -0.325 e. The fourth-order valence-corrected chi connectivity index (χ4v) is 2.32. The molecule has 78 valence electrons. The van der Waals surface area contributed by atoms with Crippen molar-refractivity contribution in [3.8, 4) is 0 Å². The molecule has 1 aliphatic carbocycles. The van der Waals surface area contributed by atoms with Crippen LogP contribution in [-0.2, 0) is 10.9 Å². The molecule has 1 fully saturated rings. The van der Waals surface area contributed by atoms with Crippen molar-refractivity contribution in [2.75, 3.05) is 6.54 Å². The second kappa shape index (κ2) is 4.39. The Hall–Kier alpha value is -0.130. The summed E-state index contributed by atoms with van der Waals surface area (Å²) in [6.45, 7) is 2.61. The fraction of sp³-hybridized carbons (Fsp3) is 1.00. The first-order valence-corrected chi connectivity index (χ1v) is 5.89. The molecule has 0 heterocycles. The van der Waals surface area contributed by atoms with Gasteiger partial charge in [-0.1, -0.05) is 13.3 Å². The smallest absolute Gasteiger partial charge is 0.201 e. The lowest BCUT2D eigenvalue weighted by atomic mass is 9.86. The van der Waals surface area contributed by atoms with Crippen molar-refractivity contribution < 1.29 is 8.42 Å². The van der Waals surface area contributed by atoms with E-state index in [2.05, 4.69) is 11.6 Å². The lowest BCUT2D eigenvalue weighted by Gasteiger charge is -2.28. The zero-order valence-electron chi connectivity index (χ0n) is 7.95. The summed E-state index contributed by atoms with van der Waals surface area (Å²) >= 11 is 0. The zero-order valence-corrected chi connectivity index (χ0v) is 8.85. The van der Waals surface area contributed by atoms with Crippen LogP contribution in [0.2, 0.25) is 0 Å². The van der Waals surface area contributed by atoms with Gasteiger partial charge in [-0.25, -0.2) is 13.1 Å². The van der Waals surface area contributed by atoms with E-state index >= 15 is 0 Å². The summed E-state index contributed by atoms with van der Waals surface area (Å²) in [4.78, 5) is 0. The molecule has 2 unspecified atom stereocenters. The fourth-order valence-electron chi connectivity index (χ4n) is 2.02. The lowest BCUT2D eigenvalue weighted by Crippen LogP contribution is -2.44. The van der Waals surface area contributed by atoms with Gasteiger partial charge in [0.1, 0.15) is 0 Å². The molecule has 0 aromatic rings. The molecule has 1 aliphatic rings. The molecule has 0 saturated heterocycles. The number of nitrogens with one attached hydrogen (secondary N) is 1. The maximum atomic E-state index is 10.2. The Kier molecular flexibility index (Phi) is 3.70. The van der Waals surface area contributed by atoms with Gasteiger partial charge >= 0.3 is 0 Å². The highest BCUT2D eigenvalue weighted by atomic mass is 32.2. The van der Waals surface area contributed by atoms with Gasteiger partial charge < -0.3 is 5.73 Å². The van der Waals surface area contributed by atoms with Gasteiger partial charge in [-0.05, 0) is 25.2 Å². The first-order valence-electron chi connectivity index (χ1n) is 4.71. The van der Waals surface area contributed by atoms with Gasteiger partial charge in [0.05, 0.1) is 0 Å². The third kappa shape index (κ3) is 2.93. The topological polar surface area (TPSA) is 72.2 Å². The van der Waals surface area contributed by atoms with Crippen molar-refractivity contribution >= 4 is 10.9 Å². The molecule has 2 atom stereocenters. The summed E-state index contributed by atoms with van der Waals surface area (Å²) in [7, 11) is -2.46. The Bertz CT molecular complexity index is 234. The van der Waals surface area contributed by atoms with Gasteiger partial charge in [-0.15, -0.1) is 0 Å². The molecule has 3 N–H and O–H groups in total. The predicted molar refractivity (Wildman–Crippen MR) is 52.9 cm³/mol. The third-order valence-corrected chi connectivity index (χ3v) is 3.57. The second-order valence-corrected chi connectivity index (χ2v) is 4.77. The quantitative estimate of drug-likeness (QED) is 0.567. The second-order valence-electron chi connectivity index (χ2n) is 3.94. The Balaban J connectivity index is 2.34. The van der Waals surface area contributed by atoms with Crippen molar-refractivity contribution in [2.24, 2.45) is 11.7 Å². The molecule has 0 bridgehead atoms. The minimum absolute atomic E-state index is 0.141. The van der Waals surface area contributed by atoms with Crippen LogP contribution in [0.1, 0.15) is 32.6 Å². The summed E-state index contributed by atoms with van der Waals surface area (Å²) in [6.07, 6.45) is 4.10. The Morgan fingerprint density at radius 3 is 2.77 bits per heavy atom. The number of hydrogen-bond donors (Lipinski definition) is 3. The Labute approximate surface area is 81.0 Å². The van der Waals surface area contributed by atoms with Crippen molar-refractivity contribution in [3.63, 3.8) is 0 Å². The Morgan fingerprint density at radius 2 is 2.31 bits per heavy atom. The molecule has 1 rings (SSSR count). The average Bonchev–Trinajstić information content (AvgIpc) is 2.32. The molecule has 5 heteroatoms. The van der Waals surface area contributed by atoms with Gasteiger partial charge in [-0.2, -0.15) is 0 Å². The van der Waals surface area contributed by atoms with E-state index in [0.717, 1.165) is 12.8 Å². The highest BCUT2D eigenvalue weighted by Gasteiger charge is 2.35. The molecule has 4 nitrogen and oxygen atoms in total. The van der Waals surface area contributed by atoms with Crippen LogP contribution in [-0.4, -0.2) is 20.5 Å². The largest absolute Gasteiger partial charge is 0.325 e. The number of nitrogens with two attached hydrogens (primary N) is 1. The molecule has 0 aromatic heterocycles. The molecular formula is C8H18N2O2S. The molecule has 0 amide bonds. The van der Waals surface area contributed by atoms with Gasteiger partial charge in [0.2, 0.25) is 10.9 Å². The van der Waals surface area contributed by atoms with E-state index in [9.17, 15) is 8.42 Å². The van der Waals surface area contributed by atoms with Crippen LogP contribution < -0.4 is 10.5 Å². The predicted octanol–water partition coefficient (Wildman–Crippen LogP) is 0.01000. The molecule has 1 saturated carbocycles. The van der Waals surface area contributed by atoms with E-state index < -0.39 is 10.9 Å². The first kappa shape index (κ1) is 10.9. The van der Waals surface area contributed by atoms with Crippen LogP contribution in [0.4, 0.5) is 0 Å². The highest BCUT2D eigenvalue weighted by Crippen LogP contribution is 2.35. The van der Waals surface area contributed by atoms with Gasteiger partial charge in [-0.3, -0.25) is 0 Å². The lowest BCUT2D eigenvalue weighted by molar-refractivity contribution is 0.317. The van der Waals surface area contributed by atoms with E-state index in [1.165, 1.54) is 12.8 Å². The van der Waals surface area contributed by atoms with Crippen LogP contribution >= 0.6 is 0 Å². The summed E-state index contributed by atoms with van der Waals surface area (Å²) < 4.78 is 22.9. The van der Waals surface area contributed by atoms with Crippen molar-refractivity contribution in [1.82, 2.24) is 4.72 Å². The van der Waals surface area contributed by atoms with E-state index in [1.54, 1.807) is 0 Å². The van der Waals surface area contributed by atoms with Crippen molar-refractivity contribution in [2.45, 2.75) is 38.1 Å². The van der Waals surface area contributed by atoms with Gasteiger partial charge in [0.15, 0.2) is 0 Å². The summed E-state index contributed by atoms with van der Waals surface area (Å²) in [5, 5.41) is 0. The van der Waals surface area contributed by atoms with Crippen LogP contribution in [0, 0.1) is 5.92 Å². The molecule has 0 aromatic carbocycles. The van der Waals surface area contributed by atoms with E-state index in [4.69, 9.17) is 5.73 Å². The zero-order chi connectivity index (χ0) is 9.90. The minimum atomic E-state index is -2.46. The number of thiol groups is 1. The third-order valence-electron chi connectivity index (χ3n) is 3.09. The maximum Gasteiger partial charge on any atom is 0.201 e. The summed E-state index contributed by atoms with van der Waals surface area (Å²) in [5.74, 6) is 0.513. The summed E-state index contributed by atoms with van der Waals surface area (Å²) in [5.41, 5.74) is 6.01. The normalized spacial score (nSPS) is 34.2. The molecule has 13 heavy (non-hydrogen) atoms. The van der Waals surface area contributed by atoms with Crippen LogP contribution in [0.5, 0.6) is 0 Å². The highest BCUT2D eigenvalue weighted by molar-refractivity contribution is 7.70. The van der Waals surface area contributed by atoms with Gasteiger partial charge in [0, 0.05) is 12.1 Å². The van der Waals surface area contributed by atoms with E-state index in [-0.39, 0.29) is 5.54 Å². The summed E-state index contributed by atoms with van der Waals surface area (Å²) in [6, 6.07) is 0. The molecule has 0 radical (unpaired) electrons. The SMILES string of the molecule is CC1CCCC1(N)CCN[SH](=O)=O. The maximum absolute atomic E-state index is 10.2. The molecule has 0 aliphatic heterocycles. The van der Waals surface area contributed by atoms with Crippen molar-refractivity contribution in [3.05, 3.63) is 0 Å². The monoisotopic (exact) mass is 206 g/mol. The van der Waals surface area contributed by atoms with Crippen LogP contribution in [0.25, 0.3) is 0 Å². The first-order chi connectivity index (χ1) is 6.04. The Morgan fingerprint density at radius 1 is 1.62 bits per heavy atom. The van der Waals surface area contributed by atoms with Crippen molar-refractivity contribution in [1.29, 1.82) is 0 Å². The van der Waals surface area contributed by atoms with Crippen LogP contribution in [0.3, 0.4) is 0 Å². The molecule has 0 spiro atoms. The van der Waals surface area contributed by atoms with Crippen LogP contribution in [0.15, 0.2) is 0 Å². The number of rotatable bonds is 4. The number of hydrogen-bond acceptors (Lipinski definition) is 3. The standard InChI is InChI=1S/C8H18N2O2S/c1-7-3-2-4-8(7,9)5-6-10-13(11)12/h7,13H,2-6,9H2,1H3,(H,10,11,12). The van der Waals surface area contributed by atoms with E-state index in [1.807, 2.05) is 0 Å². The average molecular weight is 206 g/mol. The van der Waals surface area contributed by atoms with E-state index in [0.29, 0.717) is 12.5 Å².